The smallest absolute Gasteiger partial charge is 0.189 e. The highest BCUT2D eigenvalue weighted by atomic mass is 32.2. The van der Waals surface area contributed by atoms with Crippen LogP contribution in [0.15, 0.2) is 23.5 Å². The molecule has 0 radical (unpaired) electrons. The Morgan fingerprint density at radius 3 is 2.72 bits per heavy atom. The van der Waals surface area contributed by atoms with Crippen LogP contribution < -0.4 is 10.2 Å². The van der Waals surface area contributed by atoms with Gasteiger partial charge in [0.1, 0.15) is 5.82 Å². The van der Waals surface area contributed by atoms with Crippen LogP contribution in [0.25, 0.3) is 0 Å². The lowest BCUT2D eigenvalue weighted by atomic mass is 10.0. The van der Waals surface area contributed by atoms with Gasteiger partial charge in [-0.05, 0) is 52.0 Å². The molecule has 1 aliphatic rings. The van der Waals surface area contributed by atoms with Gasteiger partial charge in [0.25, 0.3) is 0 Å². The third kappa shape index (κ3) is 4.73. The molecule has 2 aromatic rings. The Balaban J connectivity index is 1.49. The number of anilines is 1. The Morgan fingerprint density at radius 2 is 2.08 bits per heavy atom. The number of hydrogen-bond donors (Lipinski definition) is 1. The quantitative estimate of drug-likeness (QED) is 0.631. The summed E-state index contributed by atoms with van der Waals surface area (Å²) in [5, 5.41) is 9.18. The first kappa shape index (κ1) is 18.2. The third-order valence-electron chi connectivity index (χ3n) is 4.69. The van der Waals surface area contributed by atoms with E-state index in [4.69, 9.17) is 0 Å². The van der Waals surface area contributed by atoms with Crippen LogP contribution in [0.1, 0.15) is 31.2 Å². The molecule has 6 nitrogen and oxygen atoms in total. The molecule has 1 atom stereocenters. The SMILES string of the molecule is CSc1nccc(N2CCC(N[C@@H](C)Cn3nc(C)cc3C)CC2)n1. The summed E-state index contributed by atoms with van der Waals surface area (Å²) in [6.45, 7) is 9.41. The standard InChI is InChI=1S/C18H28N6S/c1-13-11-15(3)24(22-13)12-14(2)20-16-6-9-23(10-7-16)17-5-8-19-18(21-17)25-4/h5,8,11,14,16,20H,6-7,9-10,12H2,1-4H3/t14-/m0/s1. The Labute approximate surface area is 154 Å². The van der Waals surface area contributed by atoms with Crippen molar-refractivity contribution in [2.24, 2.45) is 0 Å². The summed E-state index contributed by atoms with van der Waals surface area (Å²) in [4.78, 5) is 11.2. The van der Waals surface area contributed by atoms with Crippen LogP contribution >= 0.6 is 11.8 Å². The molecule has 1 N–H and O–H groups in total. The summed E-state index contributed by atoms with van der Waals surface area (Å²) in [5.41, 5.74) is 2.32. The molecular weight excluding hydrogens is 332 g/mol. The van der Waals surface area contributed by atoms with Crippen molar-refractivity contribution in [3.63, 3.8) is 0 Å². The first-order valence-corrected chi connectivity index (χ1v) is 10.2. The Morgan fingerprint density at radius 1 is 1.32 bits per heavy atom. The largest absolute Gasteiger partial charge is 0.356 e. The molecule has 0 aromatic carbocycles. The Hall–Kier alpha value is -1.60. The van der Waals surface area contributed by atoms with Gasteiger partial charge in [0.15, 0.2) is 5.16 Å². The molecule has 2 aromatic heterocycles. The average molecular weight is 361 g/mol. The van der Waals surface area contributed by atoms with Gasteiger partial charge in [-0.15, -0.1) is 0 Å². The maximum absolute atomic E-state index is 4.61. The summed E-state index contributed by atoms with van der Waals surface area (Å²) in [5.74, 6) is 1.05. The van der Waals surface area contributed by atoms with Gasteiger partial charge < -0.3 is 10.2 Å². The second-order valence-corrected chi connectivity index (χ2v) is 7.61. The van der Waals surface area contributed by atoms with Crippen LogP contribution in [0.2, 0.25) is 0 Å². The van der Waals surface area contributed by atoms with E-state index in [1.807, 2.05) is 25.4 Å². The van der Waals surface area contributed by atoms with E-state index in [1.54, 1.807) is 11.8 Å². The van der Waals surface area contributed by atoms with Crippen LogP contribution in [-0.4, -0.2) is 51.2 Å². The van der Waals surface area contributed by atoms with Crippen LogP contribution in [0.5, 0.6) is 0 Å². The molecule has 0 unspecified atom stereocenters. The van der Waals surface area contributed by atoms with Crippen molar-refractivity contribution in [3.8, 4) is 0 Å². The van der Waals surface area contributed by atoms with E-state index in [0.717, 1.165) is 49.1 Å². The molecule has 1 fully saturated rings. The lowest BCUT2D eigenvalue weighted by molar-refractivity contribution is 0.345. The molecule has 0 bridgehead atoms. The normalized spacial score (nSPS) is 17.0. The van der Waals surface area contributed by atoms with Crippen LogP contribution in [0.4, 0.5) is 5.82 Å². The number of piperidine rings is 1. The number of thioether (sulfide) groups is 1. The molecule has 3 rings (SSSR count). The predicted molar refractivity (Wildman–Crippen MR) is 103 cm³/mol. The third-order valence-corrected chi connectivity index (χ3v) is 5.25. The first-order valence-electron chi connectivity index (χ1n) is 8.94. The minimum atomic E-state index is 0.414. The van der Waals surface area contributed by atoms with Gasteiger partial charge >= 0.3 is 0 Å². The number of aryl methyl sites for hydroxylation is 2. The van der Waals surface area contributed by atoms with Crippen molar-refractivity contribution in [2.75, 3.05) is 24.2 Å². The predicted octanol–water partition coefficient (Wildman–Crippen LogP) is 2.66. The van der Waals surface area contributed by atoms with Gasteiger partial charge in [-0.1, -0.05) is 11.8 Å². The summed E-state index contributed by atoms with van der Waals surface area (Å²) in [6, 6.07) is 5.12. The fourth-order valence-electron chi connectivity index (χ4n) is 3.46. The summed E-state index contributed by atoms with van der Waals surface area (Å²) < 4.78 is 2.10. The summed E-state index contributed by atoms with van der Waals surface area (Å²) in [6.07, 6.45) is 6.15. The molecule has 1 saturated heterocycles. The molecule has 0 amide bonds. The highest BCUT2D eigenvalue weighted by Gasteiger charge is 2.22. The molecule has 136 valence electrons. The summed E-state index contributed by atoms with van der Waals surface area (Å²) >= 11 is 1.59. The topological polar surface area (TPSA) is 58.9 Å². The first-order chi connectivity index (χ1) is 12.0. The van der Waals surface area contributed by atoms with E-state index in [2.05, 4.69) is 49.9 Å². The number of nitrogens with one attached hydrogen (secondary N) is 1. The molecule has 7 heteroatoms. The second kappa shape index (κ2) is 8.19. The maximum atomic E-state index is 4.61. The monoisotopic (exact) mass is 360 g/mol. The second-order valence-electron chi connectivity index (χ2n) is 6.84. The van der Waals surface area contributed by atoms with Crippen molar-refractivity contribution in [2.45, 2.75) is 57.4 Å². The van der Waals surface area contributed by atoms with Crippen LogP contribution in [0.3, 0.4) is 0 Å². The molecule has 3 heterocycles. The lowest BCUT2D eigenvalue weighted by Gasteiger charge is -2.34. The van der Waals surface area contributed by atoms with Gasteiger partial charge in [-0.3, -0.25) is 4.68 Å². The zero-order chi connectivity index (χ0) is 17.8. The van der Waals surface area contributed by atoms with Gasteiger partial charge in [-0.2, -0.15) is 5.10 Å². The van der Waals surface area contributed by atoms with Crippen LogP contribution in [0, 0.1) is 13.8 Å². The van der Waals surface area contributed by atoms with Gasteiger partial charge in [0.2, 0.25) is 0 Å². The van der Waals surface area contributed by atoms with E-state index in [-0.39, 0.29) is 0 Å². The molecule has 1 aliphatic heterocycles. The molecule has 0 saturated carbocycles. The fraction of sp³-hybridized carbons (Fsp3) is 0.611. The van der Waals surface area contributed by atoms with Crippen molar-refractivity contribution in [1.29, 1.82) is 0 Å². The van der Waals surface area contributed by atoms with Gasteiger partial charge in [0, 0.05) is 37.1 Å². The molecular formula is C18H28N6S. The zero-order valence-electron chi connectivity index (χ0n) is 15.6. The molecule has 25 heavy (non-hydrogen) atoms. The van der Waals surface area contributed by atoms with Crippen molar-refractivity contribution >= 4 is 17.6 Å². The van der Waals surface area contributed by atoms with Crippen LogP contribution in [-0.2, 0) is 6.54 Å². The van der Waals surface area contributed by atoms with Gasteiger partial charge in [-0.25, -0.2) is 9.97 Å². The summed E-state index contributed by atoms with van der Waals surface area (Å²) in [7, 11) is 0. The van der Waals surface area contributed by atoms with E-state index < -0.39 is 0 Å². The van der Waals surface area contributed by atoms with E-state index in [1.165, 1.54) is 5.69 Å². The van der Waals surface area contributed by atoms with E-state index in [9.17, 15) is 0 Å². The van der Waals surface area contributed by atoms with E-state index in [0.29, 0.717) is 12.1 Å². The molecule has 0 aliphatic carbocycles. The van der Waals surface area contributed by atoms with Crippen molar-refractivity contribution < 1.29 is 0 Å². The maximum Gasteiger partial charge on any atom is 0.189 e. The van der Waals surface area contributed by atoms with E-state index >= 15 is 0 Å². The minimum Gasteiger partial charge on any atom is -0.356 e. The Kier molecular flexibility index (Phi) is 5.96. The number of aromatic nitrogens is 4. The number of hydrogen-bond acceptors (Lipinski definition) is 6. The zero-order valence-corrected chi connectivity index (χ0v) is 16.4. The average Bonchev–Trinajstić information content (AvgIpc) is 2.92. The number of nitrogens with zero attached hydrogens (tertiary/aromatic N) is 5. The highest BCUT2D eigenvalue weighted by Crippen LogP contribution is 2.20. The van der Waals surface area contributed by atoms with Crippen molar-refractivity contribution in [1.82, 2.24) is 25.1 Å². The lowest BCUT2D eigenvalue weighted by Crippen LogP contribution is -2.46. The highest BCUT2D eigenvalue weighted by molar-refractivity contribution is 7.98. The minimum absolute atomic E-state index is 0.414. The number of rotatable bonds is 6. The van der Waals surface area contributed by atoms with Crippen molar-refractivity contribution in [3.05, 3.63) is 29.7 Å². The Bertz CT molecular complexity index is 693. The fourth-order valence-corrected chi connectivity index (χ4v) is 3.81. The molecule has 0 spiro atoms. The van der Waals surface area contributed by atoms with Gasteiger partial charge in [0.05, 0.1) is 12.2 Å².